The fourth-order valence-electron chi connectivity index (χ4n) is 1.74. The molecule has 0 aliphatic heterocycles. The van der Waals surface area contributed by atoms with E-state index in [0.717, 1.165) is 5.69 Å². The smallest absolute Gasteiger partial charge is 0.251 e. The number of rotatable bonds is 3. The molecule has 0 fully saturated rings. The topological polar surface area (TPSA) is 64.2 Å². The van der Waals surface area contributed by atoms with E-state index >= 15 is 0 Å². The molecule has 5 nitrogen and oxygen atoms in total. The molecule has 1 aromatic carbocycles. The second-order valence-corrected chi connectivity index (χ2v) is 4.13. The molecule has 0 saturated heterocycles. The zero-order chi connectivity index (χ0) is 13.1. The molecule has 5 heteroatoms. The van der Waals surface area contributed by atoms with Gasteiger partial charge in [0.05, 0.1) is 0 Å². The van der Waals surface area contributed by atoms with Crippen LogP contribution in [0.25, 0.3) is 0 Å². The average Bonchev–Trinajstić information content (AvgIpc) is 2.84. The van der Waals surface area contributed by atoms with Crippen LogP contribution in [0.15, 0.2) is 42.6 Å². The van der Waals surface area contributed by atoms with Crippen molar-refractivity contribution in [3.05, 3.63) is 42.6 Å². The minimum Gasteiger partial charge on any atom is -0.382 e. The Balaban J connectivity index is 2.16. The largest absolute Gasteiger partial charge is 0.382 e. The first-order valence-electron chi connectivity index (χ1n) is 5.73. The Morgan fingerprint density at radius 3 is 2.56 bits per heavy atom. The van der Waals surface area contributed by atoms with Crippen molar-refractivity contribution in [1.82, 2.24) is 9.78 Å². The first-order valence-corrected chi connectivity index (χ1v) is 5.73. The number of hydrogen-bond acceptors (Lipinski definition) is 3. The highest BCUT2D eigenvalue weighted by Gasteiger charge is 2.20. The minimum absolute atomic E-state index is 0.0377. The molecule has 1 unspecified atom stereocenters. The molecule has 2 N–H and O–H groups in total. The number of aromatic nitrogens is 2. The molecule has 0 aliphatic rings. The van der Waals surface area contributed by atoms with Gasteiger partial charge in [-0.1, -0.05) is 18.2 Å². The number of carbonyl (C=O) groups is 1. The van der Waals surface area contributed by atoms with Gasteiger partial charge in [-0.15, -0.1) is 0 Å². The summed E-state index contributed by atoms with van der Waals surface area (Å²) in [6.45, 7) is 1.80. The predicted octanol–water partition coefficient (Wildman–Crippen LogP) is 1.69. The summed E-state index contributed by atoms with van der Waals surface area (Å²) in [5, 5.41) is 4.05. The van der Waals surface area contributed by atoms with E-state index in [9.17, 15) is 4.79 Å². The SMILES string of the molecule is CC(C(=O)N(C)c1ccccc1)n1ccc(N)n1. The molecule has 1 aromatic heterocycles. The lowest BCUT2D eigenvalue weighted by Crippen LogP contribution is -2.33. The van der Waals surface area contributed by atoms with Crippen molar-refractivity contribution in [1.29, 1.82) is 0 Å². The first kappa shape index (κ1) is 12.2. The fraction of sp³-hybridized carbons (Fsp3) is 0.231. The van der Waals surface area contributed by atoms with E-state index in [0.29, 0.717) is 5.82 Å². The number of para-hydroxylation sites is 1. The zero-order valence-electron chi connectivity index (χ0n) is 10.4. The highest BCUT2D eigenvalue weighted by atomic mass is 16.2. The first-order chi connectivity index (χ1) is 8.59. The van der Waals surface area contributed by atoms with Crippen LogP contribution in [-0.4, -0.2) is 22.7 Å². The van der Waals surface area contributed by atoms with Crippen LogP contribution in [0.4, 0.5) is 11.5 Å². The van der Waals surface area contributed by atoms with Gasteiger partial charge in [-0.05, 0) is 25.1 Å². The van der Waals surface area contributed by atoms with Gasteiger partial charge in [0, 0.05) is 18.9 Å². The average molecular weight is 244 g/mol. The molecule has 2 aromatic rings. The van der Waals surface area contributed by atoms with E-state index in [2.05, 4.69) is 5.10 Å². The van der Waals surface area contributed by atoms with E-state index < -0.39 is 0 Å². The van der Waals surface area contributed by atoms with Gasteiger partial charge in [-0.2, -0.15) is 5.10 Å². The number of nitrogens with zero attached hydrogens (tertiary/aromatic N) is 3. The number of amides is 1. The van der Waals surface area contributed by atoms with Gasteiger partial charge in [0.25, 0.3) is 5.91 Å². The van der Waals surface area contributed by atoms with E-state index in [4.69, 9.17) is 5.73 Å². The second-order valence-electron chi connectivity index (χ2n) is 4.13. The third-order valence-corrected chi connectivity index (χ3v) is 2.86. The second kappa shape index (κ2) is 4.91. The molecule has 2 rings (SSSR count). The summed E-state index contributed by atoms with van der Waals surface area (Å²) < 4.78 is 1.57. The number of nitrogen functional groups attached to an aromatic ring is 1. The zero-order valence-corrected chi connectivity index (χ0v) is 10.4. The summed E-state index contributed by atoms with van der Waals surface area (Å²) in [5.74, 6) is 0.376. The molecule has 1 amide bonds. The third kappa shape index (κ3) is 2.34. The summed E-state index contributed by atoms with van der Waals surface area (Å²) in [5.41, 5.74) is 6.40. The van der Waals surface area contributed by atoms with Gasteiger partial charge >= 0.3 is 0 Å². The number of carbonyl (C=O) groups excluding carboxylic acids is 1. The normalized spacial score (nSPS) is 12.1. The van der Waals surface area contributed by atoms with E-state index in [-0.39, 0.29) is 11.9 Å². The lowest BCUT2D eigenvalue weighted by atomic mass is 10.2. The third-order valence-electron chi connectivity index (χ3n) is 2.86. The number of hydrogen-bond donors (Lipinski definition) is 1. The maximum atomic E-state index is 12.3. The van der Waals surface area contributed by atoms with Gasteiger partial charge in [-0.25, -0.2) is 0 Å². The van der Waals surface area contributed by atoms with Crippen molar-refractivity contribution in [3.8, 4) is 0 Å². The Morgan fingerprint density at radius 1 is 1.33 bits per heavy atom. The minimum atomic E-state index is -0.382. The number of nitrogens with two attached hydrogens (primary N) is 1. The molecular weight excluding hydrogens is 228 g/mol. The van der Waals surface area contributed by atoms with Gasteiger partial charge in [0.2, 0.25) is 0 Å². The fourth-order valence-corrected chi connectivity index (χ4v) is 1.74. The van der Waals surface area contributed by atoms with Crippen molar-refractivity contribution < 1.29 is 4.79 Å². The Labute approximate surface area is 106 Å². The quantitative estimate of drug-likeness (QED) is 0.893. The van der Waals surface area contributed by atoms with Crippen molar-refractivity contribution >= 4 is 17.4 Å². The van der Waals surface area contributed by atoms with E-state index in [1.54, 1.807) is 35.8 Å². The van der Waals surface area contributed by atoms with Crippen LogP contribution in [0.3, 0.4) is 0 Å². The number of likely N-dealkylation sites (N-methyl/N-ethyl adjacent to an activating group) is 1. The lowest BCUT2D eigenvalue weighted by molar-refractivity contribution is -0.121. The Bertz CT molecular complexity index is 535. The standard InChI is InChI=1S/C13H16N4O/c1-10(17-9-8-12(14)15-17)13(18)16(2)11-6-4-3-5-7-11/h3-10H,1-2H3,(H2,14,15). The predicted molar refractivity (Wildman–Crippen MR) is 71.2 cm³/mol. The molecule has 0 radical (unpaired) electrons. The van der Waals surface area contributed by atoms with Crippen molar-refractivity contribution in [2.24, 2.45) is 0 Å². The molecule has 1 heterocycles. The van der Waals surface area contributed by atoms with Gasteiger partial charge in [0.15, 0.2) is 0 Å². The van der Waals surface area contributed by atoms with Gasteiger partial charge in [-0.3, -0.25) is 9.48 Å². The Morgan fingerprint density at radius 2 is 2.00 bits per heavy atom. The summed E-state index contributed by atoms with van der Waals surface area (Å²) >= 11 is 0. The maximum Gasteiger partial charge on any atom is 0.251 e. The van der Waals surface area contributed by atoms with Crippen LogP contribution in [0.5, 0.6) is 0 Å². The van der Waals surface area contributed by atoms with Crippen LogP contribution in [0, 0.1) is 0 Å². The van der Waals surface area contributed by atoms with Crippen LogP contribution < -0.4 is 10.6 Å². The molecule has 0 aliphatic carbocycles. The molecule has 94 valence electrons. The van der Waals surface area contributed by atoms with Crippen LogP contribution >= 0.6 is 0 Å². The van der Waals surface area contributed by atoms with E-state index in [1.807, 2.05) is 30.3 Å². The van der Waals surface area contributed by atoms with Crippen LogP contribution in [0.1, 0.15) is 13.0 Å². The summed E-state index contributed by atoms with van der Waals surface area (Å²) in [4.78, 5) is 13.9. The summed E-state index contributed by atoms with van der Waals surface area (Å²) in [6, 6.07) is 10.8. The highest BCUT2D eigenvalue weighted by Crippen LogP contribution is 2.16. The Kier molecular flexibility index (Phi) is 3.32. The van der Waals surface area contributed by atoms with Gasteiger partial charge < -0.3 is 10.6 Å². The van der Waals surface area contributed by atoms with Crippen molar-refractivity contribution in [3.63, 3.8) is 0 Å². The summed E-state index contributed by atoms with van der Waals surface area (Å²) in [7, 11) is 1.75. The monoisotopic (exact) mass is 244 g/mol. The Hall–Kier alpha value is -2.30. The molecule has 1 atom stereocenters. The van der Waals surface area contributed by atoms with Crippen molar-refractivity contribution in [2.45, 2.75) is 13.0 Å². The van der Waals surface area contributed by atoms with Crippen LogP contribution in [0.2, 0.25) is 0 Å². The molecular formula is C13H16N4O. The molecule has 0 saturated carbocycles. The molecule has 0 bridgehead atoms. The summed E-state index contributed by atoms with van der Waals surface area (Å²) in [6.07, 6.45) is 1.71. The number of benzene rings is 1. The molecule has 0 spiro atoms. The van der Waals surface area contributed by atoms with Crippen LogP contribution in [-0.2, 0) is 4.79 Å². The van der Waals surface area contributed by atoms with Crippen molar-refractivity contribution in [2.75, 3.05) is 17.7 Å². The van der Waals surface area contributed by atoms with E-state index in [1.165, 1.54) is 0 Å². The maximum absolute atomic E-state index is 12.3. The lowest BCUT2D eigenvalue weighted by Gasteiger charge is -2.21. The van der Waals surface area contributed by atoms with Gasteiger partial charge in [0.1, 0.15) is 11.9 Å². The highest BCUT2D eigenvalue weighted by molar-refractivity contribution is 5.95. The number of anilines is 2. The molecule has 18 heavy (non-hydrogen) atoms.